The molecule has 1 aromatic carbocycles. The van der Waals surface area contributed by atoms with Crippen LogP contribution in [0.1, 0.15) is 30.2 Å². The third kappa shape index (κ3) is 2.93. The van der Waals surface area contributed by atoms with Crippen molar-refractivity contribution >= 4 is 23.3 Å². The Kier molecular flexibility index (Phi) is 3.85. The van der Waals surface area contributed by atoms with Crippen molar-refractivity contribution in [3.8, 4) is 0 Å². The Labute approximate surface area is 115 Å². The predicted molar refractivity (Wildman–Crippen MR) is 72.0 cm³/mol. The second kappa shape index (κ2) is 5.40. The normalized spacial score (nSPS) is 10.8. The number of anilines is 1. The number of hydrogen-bond donors (Lipinski definition) is 1. The summed E-state index contributed by atoms with van der Waals surface area (Å²) in [6, 6.07) is 5.60. The van der Waals surface area contributed by atoms with E-state index in [0.29, 0.717) is 10.8 Å². The number of carbonyl (C=O) groups excluding carboxylic acids is 1. The lowest BCUT2D eigenvalue weighted by molar-refractivity contribution is 0.102. The summed E-state index contributed by atoms with van der Waals surface area (Å²) >= 11 is 5.76. The van der Waals surface area contributed by atoms with E-state index in [1.54, 1.807) is 16.9 Å². The average Bonchev–Trinajstić information content (AvgIpc) is 2.80. The molecule has 0 spiro atoms. The molecule has 0 unspecified atom stereocenters. The minimum Gasteiger partial charge on any atom is -0.307 e. The van der Waals surface area contributed by atoms with Crippen molar-refractivity contribution < 1.29 is 9.18 Å². The monoisotopic (exact) mass is 281 g/mol. The van der Waals surface area contributed by atoms with Crippen LogP contribution in [0, 0.1) is 5.82 Å². The molecule has 0 radical (unpaired) electrons. The highest BCUT2D eigenvalue weighted by molar-refractivity contribution is 6.31. The molecule has 1 N–H and O–H groups in total. The quantitative estimate of drug-likeness (QED) is 0.936. The van der Waals surface area contributed by atoms with Crippen LogP contribution in [0.3, 0.4) is 0 Å². The van der Waals surface area contributed by atoms with Gasteiger partial charge in [-0.25, -0.2) is 9.07 Å². The Morgan fingerprint density at radius 3 is 2.84 bits per heavy atom. The molecular formula is C13H13ClFN3O. The van der Waals surface area contributed by atoms with Crippen LogP contribution in [0.5, 0.6) is 0 Å². The Bertz CT molecular complexity index is 610. The Balaban J connectivity index is 2.26. The molecule has 0 aliphatic rings. The average molecular weight is 282 g/mol. The molecule has 1 heterocycles. The van der Waals surface area contributed by atoms with Gasteiger partial charge >= 0.3 is 0 Å². The fraction of sp³-hybridized carbons (Fsp3) is 0.231. The lowest BCUT2D eigenvalue weighted by atomic mass is 10.2. The first-order valence-electron chi connectivity index (χ1n) is 5.79. The second-order valence-corrected chi connectivity index (χ2v) is 4.77. The Morgan fingerprint density at radius 1 is 1.42 bits per heavy atom. The molecule has 1 aromatic heterocycles. The topological polar surface area (TPSA) is 46.9 Å². The number of amides is 1. The zero-order valence-corrected chi connectivity index (χ0v) is 11.3. The summed E-state index contributed by atoms with van der Waals surface area (Å²) in [4.78, 5) is 12.0. The molecule has 4 nitrogen and oxygen atoms in total. The van der Waals surface area contributed by atoms with E-state index in [4.69, 9.17) is 11.6 Å². The van der Waals surface area contributed by atoms with Gasteiger partial charge in [0.15, 0.2) is 0 Å². The van der Waals surface area contributed by atoms with E-state index in [2.05, 4.69) is 10.4 Å². The van der Waals surface area contributed by atoms with Gasteiger partial charge in [0.25, 0.3) is 5.91 Å². The maximum Gasteiger partial charge on any atom is 0.259 e. The second-order valence-electron chi connectivity index (χ2n) is 4.33. The first-order chi connectivity index (χ1) is 8.99. The standard InChI is InChI=1S/C13H13ClFN3O/c1-8(2)18-12(5-6-16-18)17-13(19)10-7-9(14)3-4-11(10)15/h3-8H,1-2H3,(H,17,19). The lowest BCUT2D eigenvalue weighted by Gasteiger charge is -2.12. The van der Waals surface area contributed by atoms with Crippen LogP contribution in [-0.2, 0) is 0 Å². The van der Waals surface area contributed by atoms with Gasteiger partial charge in [-0.05, 0) is 32.0 Å². The molecule has 19 heavy (non-hydrogen) atoms. The van der Waals surface area contributed by atoms with Gasteiger partial charge in [0, 0.05) is 17.1 Å². The van der Waals surface area contributed by atoms with Crippen molar-refractivity contribution in [3.05, 3.63) is 46.9 Å². The zero-order valence-electron chi connectivity index (χ0n) is 10.5. The Hall–Kier alpha value is -1.88. The lowest BCUT2D eigenvalue weighted by Crippen LogP contribution is -2.17. The molecule has 0 aliphatic heterocycles. The molecule has 0 fully saturated rings. The van der Waals surface area contributed by atoms with Crippen LogP contribution in [-0.4, -0.2) is 15.7 Å². The maximum absolute atomic E-state index is 13.6. The highest BCUT2D eigenvalue weighted by atomic mass is 35.5. The van der Waals surface area contributed by atoms with Gasteiger partial charge in [-0.15, -0.1) is 0 Å². The first-order valence-corrected chi connectivity index (χ1v) is 6.16. The van der Waals surface area contributed by atoms with Gasteiger partial charge in [-0.1, -0.05) is 11.6 Å². The molecule has 0 saturated heterocycles. The van der Waals surface area contributed by atoms with Crippen molar-refractivity contribution in [2.75, 3.05) is 5.32 Å². The van der Waals surface area contributed by atoms with Gasteiger partial charge in [-0.2, -0.15) is 5.10 Å². The summed E-state index contributed by atoms with van der Waals surface area (Å²) in [6.45, 7) is 3.87. The minimum absolute atomic E-state index is 0.0921. The fourth-order valence-corrected chi connectivity index (χ4v) is 1.85. The number of aromatic nitrogens is 2. The van der Waals surface area contributed by atoms with E-state index >= 15 is 0 Å². The molecule has 0 saturated carbocycles. The largest absolute Gasteiger partial charge is 0.307 e. The summed E-state index contributed by atoms with van der Waals surface area (Å²) in [7, 11) is 0. The van der Waals surface area contributed by atoms with Crippen molar-refractivity contribution in [1.82, 2.24) is 9.78 Å². The number of rotatable bonds is 3. The molecule has 2 rings (SSSR count). The molecule has 0 aliphatic carbocycles. The number of halogens is 2. The molecular weight excluding hydrogens is 269 g/mol. The van der Waals surface area contributed by atoms with Crippen molar-refractivity contribution in [2.24, 2.45) is 0 Å². The maximum atomic E-state index is 13.6. The van der Waals surface area contributed by atoms with Crippen LogP contribution in [0.2, 0.25) is 5.02 Å². The number of carbonyl (C=O) groups is 1. The highest BCUT2D eigenvalue weighted by Gasteiger charge is 2.15. The number of nitrogens with one attached hydrogen (secondary N) is 1. The number of nitrogens with zero attached hydrogens (tertiary/aromatic N) is 2. The summed E-state index contributed by atoms with van der Waals surface area (Å²) in [5, 5.41) is 7.01. The van der Waals surface area contributed by atoms with Crippen LogP contribution >= 0.6 is 11.6 Å². The minimum atomic E-state index is -0.613. The van der Waals surface area contributed by atoms with Gasteiger partial charge in [-0.3, -0.25) is 4.79 Å². The van der Waals surface area contributed by atoms with E-state index in [0.717, 1.165) is 6.07 Å². The fourth-order valence-electron chi connectivity index (χ4n) is 1.68. The summed E-state index contributed by atoms with van der Waals surface area (Å²) < 4.78 is 15.2. The SMILES string of the molecule is CC(C)n1nccc1NC(=O)c1cc(Cl)ccc1F. The molecule has 1 amide bonds. The summed E-state index contributed by atoms with van der Waals surface area (Å²) in [5.74, 6) is -0.653. The highest BCUT2D eigenvalue weighted by Crippen LogP contribution is 2.18. The predicted octanol–water partition coefficient (Wildman–Crippen LogP) is 3.51. The first kappa shape index (κ1) is 13.5. The van der Waals surface area contributed by atoms with Crippen LogP contribution in [0.15, 0.2) is 30.5 Å². The zero-order chi connectivity index (χ0) is 14.0. The third-order valence-corrected chi connectivity index (χ3v) is 2.81. The molecule has 100 valence electrons. The van der Waals surface area contributed by atoms with Crippen LogP contribution < -0.4 is 5.32 Å². The number of hydrogen-bond acceptors (Lipinski definition) is 2. The van der Waals surface area contributed by atoms with Crippen molar-refractivity contribution in [1.29, 1.82) is 0 Å². The molecule has 2 aromatic rings. The van der Waals surface area contributed by atoms with Crippen molar-refractivity contribution in [3.63, 3.8) is 0 Å². The van der Waals surface area contributed by atoms with E-state index in [1.807, 2.05) is 13.8 Å². The van der Waals surface area contributed by atoms with Crippen LogP contribution in [0.25, 0.3) is 0 Å². The molecule has 0 bridgehead atoms. The Morgan fingerprint density at radius 2 is 2.16 bits per heavy atom. The number of benzene rings is 1. The van der Waals surface area contributed by atoms with Crippen molar-refractivity contribution in [2.45, 2.75) is 19.9 Å². The van der Waals surface area contributed by atoms with Gasteiger partial charge in [0.1, 0.15) is 11.6 Å². The van der Waals surface area contributed by atoms with E-state index in [9.17, 15) is 9.18 Å². The van der Waals surface area contributed by atoms with E-state index < -0.39 is 11.7 Å². The van der Waals surface area contributed by atoms with Crippen LogP contribution in [0.4, 0.5) is 10.2 Å². The van der Waals surface area contributed by atoms with Gasteiger partial charge in [0.05, 0.1) is 11.8 Å². The summed E-state index contributed by atoms with van der Waals surface area (Å²) in [6.07, 6.45) is 1.57. The molecule has 6 heteroatoms. The van der Waals surface area contributed by atoms with E-state index in [1.165, 1.54) is 12.1 Å². The molecule has 0 atom stereocenters. The van der Waals surface area contributed by atoms with Gasteiger partial charge < -0.3 is 5.32 Å². The summed E-state index contributed by atoms with van der Waals surface area (Å²) in [5.41, 5.74) is -0.0935. The third-order valence-electron chi connectivity index (χ3n) is 2.57. The smallest absolute Gasteiger partial charge is 0.259 e. The van der Waals surface area contributed by atoms with E-state index in [-0.39, 0.29) is 11.6 Å². The van der Waals surface area contributed by atoms with Gasteiger partial charge in [0.2, 0.25) is 0 Å².